The average molecular weight is 265 g/mol. The largest absolute Gasteiger partial charge is 0.324 e. The van der Waals surface area contributed by atoms with Gasteiger partial charge in [-0.05, 0) is 30.5 Å². The molecule has 74 valence electrons. The normalized spacial score (nSPS) is 12.0. The fraction of sp³-hybridized carbons (Fsp3) is 0.400. The Morgan fingerprint density at radius 1 is 1.46 bits per heavy atom. The molecule has 1 aromatic rings. The summed E-state index contributed by atoms with van der Waals surface area (Å²) in [4.78, 5) is 0. The standard InChI is InChI=1S/C10H14BrN.ClH/c1-3-10(12)8-5-4-7(2)6-9(8)11;/h4-6,10H,3,12H2,1-2H3;1H/t10-;/m0./s1. The molecule has 0 aromatic heterocycles. The van der Waals surface area contributed by atoms with Gasteiger partial charge in [0.2, 0.25) is 0 Å². The number of aryl methyl sites for hydroxylation is 1. The van der Waals surface area contributed by atoms with Gasteiger partial charge in [-0.25, -0.2) is 0 Å². The monoisotopic (exact) mass is 263 g/mol. The van der Waals surface area contributed by atoms with Crippen molar-refractivity contribution in [1.29, 1.82) is 0 Å². The van der Waals surface area contributed by atoms with Gasteiger partial charge in [-0.3, -0.25) is 0 Å². The van der Waals surface area contributed by atoms with E-state index in [0.29, 0.717) is 0 Å². The molecule has 0 radical (unpaired) electrons. The molecule has 1 aromatic carbocycles. The summed E-state index contributed by atoms with van der Waals surface area (Å²) in [6.45, 7) is 4.17. The Hall–Kier alpha value is -0.0500. The third-order valence-corrected chi connectivity index (χ3v) is 2.68. The molecule has 1 rings (SSSR count). The number of benzene rings is 1. The number of halogens is 2. The van der Waals surface area contributed by atoms with Crippen LogP contribution in [0.2, 0.25) is 0 Å². The number of nitrogens with two attached hydrogens (primary N) is 1. The van der Waals surface area contributed by atoms with Crippen molar-refractivity contribution in [2.75, 3.05) is 0 Å². The zero-order valence-corrected chi connectivity index (χ0v) is 10.3. The Morgan fingerprint density at radius 3 is 2.54 bits per heavy atom. The van der Waals surface area contributed by atoms with Gasteiger partial charge in [0.1, 0.15) is 0 Å². The highest BCUT2D eigenvalue weighted by Gasteiger charge is 2.06. The van der Waals surface area contributed by atoms with Crippen LogP contribution in [0.3, 0.4) is 0 Å². The van der Waals surface area contributed by atoms with Gasteiger partial charge in [0, 0.05) is 10.5 Å². The van der Waals surface area contributed by atoms with Gasteiger partial charge >= 0.3 is 0 Å². The van der Waals surface area contributed by atoms with Crippen LogP contribution in [-0.4, -0.2) is 0 Å². The summed E-state index contributed by atoms with van der Waals surface area (Å²) in [6.07, 6.45) is 0.974. The van der Waals surface area contributed by atoms with Gasteiger partial charge in [-0.1, -0.05) is 35.0 Å². The molecule has 3 heteroatoms. The van der Waals surface area contributed by atoms with Crippen molar-refractivity contribution < 1.29 is 0 Å². The minimum atomic E-state index is 0. The first-order valence-corrected chi connectivity index (χ1v) is 4.96. The minimum Gasteiger partial charge on any atom is -0.324 e. The first-order valence-electron chi connectivity index (χ1n) is 4.16. The Kier molecular flexibility index (Phi) is 5.61. The summed E-state index contributed by atoms with van der Waals surface area (Å²) in [6, 6.07) is 6.44. The van der Waals surface area contributed by atoms with Crippen molar-refractivity contribution in [3.8, 4) is 0 Å². The first kappa shape index (κ1) is 12.9. The van der Waals surface area contributed by atoms with Crippen molar-refractivity contribution in [3.05, 3.63) is 33.8 Å². The lowest BCUT2D eigenvalue weighted by atomic mass is 10.0. The van der Waals surface area contributed by atoms with Crippen molar-refractivity contribution in [3.63, 3.8) is 0 Å². The Bertz CT molecular complexity index is 276. The highest BCUT2D eigenvalue weighted by Crippen LogP contribution is 2.24. The molecule has 0 amide bonds. The van der Waals surface area contributed by atoms with Crippen LogP contribution < -0.4 is 5.73 Å². The number of hydrogen-bond donors (Lipinski definition) is 1. The van der Waals surface area contributed by atoms with E-state index < -0.39 is 0 Å². The average Bonchev–Trinajstić information content (AvgIpc) is 2.03. The van der Waals surface area contributed by atoms with E-state index in [4.69, 9.17) is 5.73 Å². The molecule has 0 heterocycles. The summed E-state index contributed by atoms with van der Waals surface area (Å²) < 4.78 is 1.12. The molecule has 2 N–H and O–H groups in total. The zero-order chi connectivity index (χ0) is 9.14. The first-order chi connectivity index (χ1) is 5.65. The van der Waals surface area contributed by atoms with Gasteiger partial charge in [-0.2, -0.15) is 0 Å². The van der Waals surface area contributed by atoms with Gasteiger partial charge < -0.3 is 5.73 Å². The van der Waals surface area contributed by atoms with Gasteiger partial charge in [0.05, 0.1) is 0 Å². The van der Waals surface area contributed by atoms with Crippen molar-refractivity contribution >= 4 is 28.3 Å². The van der Waals surface area contributed by atoms with Crippen molar-refractivity contribution in [2.24, 2.45) is 5.73 Å². The van der Waals surface area contributed by atoms with Crippen LogP contribution in [0.25, 0.3) is 0 Å². The molecule has 13 heavy (non-hydrogen) atoms. The molecule has 0 spiro atoms. The summed E-state index contributed by atoms with van der Waals surface area (Å²) >= 11 is 3.51. The quantitative estimate of drug-likeness (QED) is 0.868. The van der Waals surface area contributed by atoms with E-state index >= 15 is 0 Å². The predicted molar refractivity (Wildman–Crippen MR) is 63.3 cm³/mol. The van der Waals surface area contributed by atoms with Gasteiger partial charge in [-0.15, -0.1) is 12.4 Å². The zero-order valence-electron chi connectivity index (χ0n) is 7.88. The fourth-order valence-electron chi connectivity index (χ4n) is 1.15. The number of hydrogen-bond acceptors (Lipinski definition) is 1. The lowest BCUT2D eigenvalue weighted by Gasteiger charge is -2.11. The number of rotatable bonds is 2. The minimum absolute atomic E-state index is 0. The second-order valence-electron chi connectivity index (χ2n) is 3.04. The van der Waals surface area contributed by atoms with E-state index in [1.54, 1.807) is 0 Å². The lowest BCUT2D eigenvalue weighted by Crippen LogP contribution is -2.09. The summed E-state index contributed by atoms with van der Waals surface area (Å²) in [5.74, 6) is 0. The molecule has 0 saturated heterocycles. The molecule has 0 unspecified atom stereocenters. The van der Waals surface area contributed by atoms with E-state index in [2.05, 4.69) is 48.0 Å². The molecule has 0 fully saturated rings. The summed E-state index contributed by atoms with van der Waals surface area (Å²) in [5.41, 5.74) is 8.37. The van der Waals surface area contributed by atoms with Gasteiger partial charge in [0.15, 0.2) is 0 Å². The van der Waals surface area contributed by atoms with Crippen molar-refractivity contribution in [2.45, 2.75) is 26.3 Å². The van der Waals surface area contributed by atoms with E-state index in [9.17, 15) is 0 Å². The molecule has 1 nitrogen and oxygen atoms in total. The van der Waals surface area contributed by atoms with Crippen LogP contribution in [0.15, 0.2) is 22.7 Å². The third kappa shape index (κ3) is 3.29. The van der Waals surface area contributed by atoms with E-state index in [1.165, 1.54) is 11.1 Å². The van der Waals surface area contributed by atoms with Crippen LogP contribution in [0.4, 0.5) is 0 Å². The van der Waals surface area contributed by atoms with E-state index in [0.717, 1.165) is 10.9 Å². The maximum atomic E-state index is 5.92. The van der Waals surface area contributed by atoms with Crippen LogP contribution in [-0.2, 0) is 0 Å². The molecule has 0 aliphatic rings. The maximum absolute atomic E-state index is 5.92. The highest BCUT2D eigenvalue weighted by molar-refractivity contribution is 9.10. The Labute approximate surface area is 94.3 Å². The second kappa shape index (κ2) is 5.63. The predicted octanol–water partition coefficient (Wildman–Crippen LogP) is 3.59. The van der Waals surface area contributed by atoms with Crippen LogP contribution in [0.1, 0.15) is 30.5 Å². The molecule has 0 aliphatic carbocycles. The summed E-state index contributed by atoms with van der Waals surface area (Å²) in [7, 11) is 0. The molecule has 1 atom stereocenters. The second-order valence-corrected chi connectivity index (χ2v) is 3.89. The van der Waals surface area contributed by atoms with E-state index in [1.807, 2.05) is 0 Å². The van der Waals surface area contributed by atoms with Crippen LogP contribution in [0.5, 0.6) is 0 Å². The maximum Gasteiger partial charge on any atom is 0.0303 e. The van der Waals surface area contributed by atoms with E-state index in [-0.39, 0.29) is 18.4 Å². The smallest absolute Gasteiger partial charge is 0.0303 e. The molecular weight excluding hydrogens is 249 g/mol. The molecule has 0 bridgehead atoms. The third-order valence-electron chi connectivity index (χ3n) is 2.00. The molecular formula is C10H15BrClN. The lowest BCUT2D eigenvalue weighted by molar-refractivity contribution is 0.695. The van der Waals surface area contributed by atoms with Crippen LogP contribution in [0, 0.1) is 6.92 Å². The Balaban J connectivity index is 0.00000144. The Morgan fingerprint density at radius 2 is 2.08 bits per heavy atom. The highest BCUT2D eigenvalue weighted by atomic mass is 79.9. The summed E-state index contributed by atoms with van der Waals surface area (Å²) in [5, 5.41) is 0. The molecule has 0 aliphatic heterocycles. The van der Waals surface area contributed by atoms with Crippen LogP contribution >= 0.6 is 28.3 Å². The van der Waals surface area contributed by atoms with Crippen molar-refractivity contribution in [1.82, 2.24) is 0 Å². The molecule has 0 saturated carbocycles. The SMILES string of the molecule is CC[C@H](N)c1ccc(C)cc1Br.Cl. The van der Waals surface area contributed by atoms with Gasteiger partial charge in [0.25, 0.3) is 0 Å². The topological polar surface area (TPSA) is 26.0 Å². The fourth-order valence-corrected chi connectivity index (χ4v) is 1.94.